The third kappa shape index (κ3) is 2.86. The van der Waals surface area contributed by atoms with Gasteiger partial charge in [-0.25, -0.2) is 4.98 Å². The number of hydrogen-bond donors (Lipinski definition) is 0. The molecule has 3 rings (SSSR count). The minimum absolute atomic E-state index is 0.104. The van der Waals surface area contributed by atoms with Crippen LogP contribution in [0.15, 0.2) is 53.9 Å². The lowest BCUT2D eigenvalue weighted by molar-refractivity contribution is -0.384. The van der Waals surface area contributed by atoms with Crippen molar-refractivity contribution in [3.8, 4) is 17.1 Å². The van der Waals surface area contributed by atoms with Crippen LogP contribution in [0.4, 0.5) is 5.69 Å². The normalized spacial score (nSPS) is 12.0. The van der Waals surface area contributed by atoms with Gasteiger partial charge >= 0.3 is 0 Å². The fourth-order valence-electron chi connectivity index (χ4n) is 2.11. The maximum Gasteiger partial charge on any atom is 0.295 e. The van der Waals surface area contributed by atoms with Gasteiger partial charge in [0.1, 0.15) is 12.1 Å². The van der Waals surface area contributed by atoms with Crippen LogP contribution in [0.1, 0.15) is 0 Å². The van der Waals surface area contributed by atoms with E-state index in [0.29, 0.717) is 11.4 Å². The first kappa shape index (κ1) is 15.0. The Kier molecular flexibility index (Phi) is 3.94. The summed E-state index contributed by atoms with van der Waals surface area (Å²) in [6, 6.07) is 11.7. The molecule has 0 radical (unpaired) electrons. The van der Waals surface area contributed by atoms with E-state index in [0.717, 1.165) is 0 Å². The second-order valence-corrected chi connectivity index (χ2v) is 5.87. The topological polar surface area (TPSA) is 104 Å². The Hall–Kier alpha value is -2.94. The molecular weight excluding hydrogens is 318 g/mol. The lowest BCUT2D eigenvalue weighted by atomic mass is 10.1. The lowest BCUT2D eigenvalue weighted by Crippen LogP contribution is -2.05. The molecule has 23 heavy (non-hydrogen) atoms. The minimum Gasteiger partial charge on any atom is -0.258 e. The largest absolute Gasteiger partial charge is 0.295 e. The average Bonchev–Trinajstić information content (AvgIpc) is 3.05. The highest BCUT2D eigenvalue weighted by molar-refractivity contribution is 7.84. The smallest absolute Gasteiger partial charge is 0.258 e. The van der Waals surface area contributed by atoms with Crippen molar-refractivity contribution in [2.45, 2.75) is 5.16 Å². The number of nitro groups is 1. The molecule has 2 heterocycles. The lowest BCUT2D eigenvalue weighted by Gasteiger charge is -2.07. The SMILES string of the molecule is CS(=O)c1nncn1-c1ccc([N+](=O)[O-])c(-c2ccccc2)n1. The van der Waals surface area contributed by atoms with E-state index in [1.807, 2.05) is 6.07 Å². The summed E-state index contributed by atoms with van der Waals surface area (Å²) in [5.74, 6) is 0.365. The standard InChI is InChI=1S/C14H11N5O3S/c1-23(22)14-17-15-9-18(14)12-8-7-11(19(20)21)13(16-12)10-5-3-2-4-6-10/h2-9H,1H3. The molecule has 0 N–H and O–H groups in total. The summed E-state index contributed by atoms with van der Waals surface area (Å²) in [5, 5.41) is 19.0. The average molecular weight is 329 g/mol. The third-order valence-corrected chi connectivity index (χ3v) is 3.92. The quantitative estimate of drug-likeness (QED) is 0.535. The predicted octanol–water partition coefficient (Wildman–Crippen LogP) is 1.97. The number of rotatable bonds is 4. The van der Waals surface area contributed by atoms with Crippen LogP contribution in [0.2, 0.25) is 0 Å². The monoisotopic (exact) mass is 329 g/mol. The van der Waals surface area contributed by atoms with Gasteiger partial charge in [0.15, 0.2) is 5.69 Å². The fraction of sp³-hybridized carbons (Fsp3) is 0.0714. The third-order valence-electron chi connectivity index (χ3n) is 3.12. The van der Waals surface area contributed by atoms with Gasteiger partial charge in [0, 0.05) is 17.9 Å². The summed E-state index contributed by atoms with van der Waals surface area (Å²) in [4.78, 5) is 15.1. The molecule has 9 heteroatoms. The van der Waals surface area contributed by atoms with Crippen LogP contribution in [0, 0.1) is 10.1 Å². The van der Waals surface area contributed by atoms with Gasteiger partial charge in [-0.2, -0.15) is 0 Å². The Morgan fingerprint density at radius 1 is 1.17 bits per heavy atom. The molecule has 1 unspecified atom stereocenters. The highest BCUT2D eigenvalue weighted by Gasteiger charge is 2.19. The van der Waals surface area contributed by atoms with E-state index in [1.54, 1.807) is 24.3 Å². The zero-order valence-corrected chi connectivity index (χ0v) is 12.8. The summed E-state index contributed by atoms with van der Waals surface area (Å²) in [6.45, 7) is 0. The van der Waals surface area contributed by atoms with E-state index in [2.05, 4.69) is 15.2 Å². The Balaban J connectivity index is 2.20. The Labute approximate surface area is 133 Å². The molecule has 0 amide bonds. The molecular formula is C14H11N5O3S. The molecule has 1 aromatic carbocycles. The zero-order chi connectivity index (χ0) is 16.4. The van der Waals surface area contributed by atoms with Gasteiger partial charge in [0.25, 0.3) is 5.69 Å². The Morgan fingerprint density at radius 2 is 1.91 bits per heavy atom. The molecule has 0 aliphatic heterocycles. The summed E-state index contributed by atoms with van der Waals surface area (Å²) in [7, 11) is -1.36. The summed E-state index contributed by atoms with van der Waals surface area (Å²) in [6.07, 6.45) is 2.85. The van der Waals surface area contributed by atoms with E-state index in [-0.39, 0.29) is 16.5 Å². The second-order valence-electron chi connectivity index (χ2n) is 4.60. The number of benzene rings is 1. The van der Waals surface area contributed by atoms with Crippen molar-refractivity contribution in [1.82, 2.24) is 19.7 Å². The van der Waals surface area contributed by atoms with Crippen molar-refractivity contribution in [3.63, 3.8) is 0 Å². The molecule has 8 nitrogen and oxygen atoms in total. The van der Waals surface area contributed by atoms with Gasteiger partial charge in [0.2, 0.25) is 5.16 Å². The molecule has 0 saturated carbocycles. The van der Waals surface area contributed by atoms with Gasteiger partial charge in [-0.15, -0.1) is 10.2 Å². The van der Waals surface area contributed by atoms with Crippen LogP contribution in [0.3, 0.4) is 0 Å². The first-order chi connectivity index (χ1) is 11.1. The molecule has 0 spiro atoms. The van der Waals surface area contributed by atoms with Gasteiger partial charge in [-0.05, 0) is 6.07 Å². The Bertz CT molecular complexity index is 894. The van der Waals surface area contributed by atoms with Crippen LogP contribution in [-0.4, -0.2) is 35.1 Å². The van der Waals surface area contributed by atoms with Gasteiger partial charge in [-0.1, -0.05) is 30.3 Å². The summed E-state index contributed by atoms with van der Waals surface area (Å²) < 4.78 is 13.1. The predicted molar refractivity (Wildman–Crippen MR) is 83.6 cm³/mol. The van der Waals surface area contributed by atoms with E-state index < -0.39 is 15.7 Å². The highest BCUT2D eigenvalue weighted by Crippen LogP contribution is 2.29. The van der Waals surface area contributed by atoms with Crippen LogP contribution in [-0.2, 0) is 10.8 Å². The zero-order valence-electron chi connectivity index (χ0n) is 12.0. The van der Waals surface area contributed by atoms with Crippen LogP contribution in [0.5, 0.6) is 0 Å². The number of hydrogen-bond acceptors (Lipinski definition) is 6. The number of pyridine rings is 1. The van der Waals surface area contributed by atoms with Crippen LogP contribution >= 0.6 is 0 Å². The van der Waals surface area contributed by atoms with Crippen LogP contribution < -0.4 is 0 Å². The first-order valence-electron chi connectivity index (χ1n) is 6.52. The molecule has 0 saturated heterocycles. The number of aromatic nitrogens is 4. The van der Waals surface area contributed by atoms with E-state index in [9.17, 15) is 14.3 Å². The Morgan fingerprint density at radius 3 is 2.57 bits per heavy atom. The molecule has 0 fully saturated rings. The molecule has 2 aromatic heterocycles. The molecule has 0 aliphatic rings. The van der Waals surface area contributed by atoms with Gasteiger partial charge in [-0.3, -0.25) is 18.9 Å². The number of nitrogens with zero attached hydrogens (tertiary/aromatic N) is 5. The van der Waals surface area contributed by atoms with E-state index in [4.69, 9.17) is 0 Å². The summed E-state index contributed by atoms with van der Waals surface area (Å²) >= 11 is 0. The van der Waals surface area contributed by atoms with Crippen molar-refractivity contribution in [2.24, 2.45) is 0 Å². The molecule has 116 valence electrons. The van der Waals surface area contributed by atoms with Gasteiger partial charge in [0.05, 0.1) is 15.7 Å². The van der Waals surface area contributed by atoms with Crippen molar-refractivity contribution in [1.29, 1.82) is 0 Å². The van der Waals surface area contributed by atoms with E-state index >= 15 is 0 Å². The molecule has 0 aliphatic carbocycles. The van der Waals surface area contributed by atoms with Crippen molar-refractivity contribution in [3.05, 3.63) is 58.9 Å². The fourth-order valence-corrected chi connectivity index (χ4v) is 2.69. The van der Waals surface area contributed by atoms with E-state index in [1.165, 1.54) is 29.3 Å². The molecule has 0 bridgehead atoms. The maximum atomic E-state index is 11.7. The summed E-state index contributed by atoms with van der Waals surface area (Å²) in [5.41, 5.74) is 0.745. The van der Waals surface area contributed by atoms with Gasteiger partial charge < -0.3 is 0 Å². The van der Waals surface area contributed by atoms with Crippen LogP contribution in [0.25, 0.3) is 17.1 Å². The minimum atomic E-state index is -1.36. The second kappa shape index (κ2) is 6.05. The maximum absolute atomic E-state index is 11.7. The van der Waals surface area contributed by atoms with Crippen molar-refractivity contribution < 1.29 is 9.13 Å². The molecule has 3 aromatic rings. The first-order valence-corrected chi connectivity index (χ1v) is 8.08. The highest BCUT2D eigenvalue weighted by atomic mass is 32.2. The van der Waals surface area contributed by atoms with Crippen molar-refractivity contribution >= 4 is 16.5 Å². The molecule has 1 atom stereocenters. The van der Waals surface area contributed by atoms with Crippen molar-refractivity contribution in [2.75, 3.05) is 6.26 Å².